The van der Waals surface area contributed by atoms with Gasteiger partial charge in [0.25, 0.3) is 0 Å². The summed E-state index contributed by atoms with van der Waals surface area (Å²) in [4.78, 5) is 9.00. The highest BCUT2D eigenvalue weighted by atomic mass is 16.5. The van der Waals surface area contributed by atoms with Crippen molar-refractivity contribution in [1.82, 2.24) is 15.3 Å². The maximum Gasteiger partial charge on any atom is 0.133 e. The monoisotopic (exact) mass is 233 g/mol. The lowest BCUT2D eigenvalue weighted by atomic mass is 9.88. The zero-order valence-corrected chi connectivity index (χ0v) is 10.2. The molecule has 0 amide bonds. The molecule has 3 atom stereocenters. The van der Waals surface area contributed by atoms with Gasteiger partial charge in [-0.1, -0.05) is 6.92 Å². The van der Waals surface area contributed by atoms with Gasteiger partial charge >= 0.3 is 0 Å². The van der Waals surface area contributed by atoms with Crippen LogP contribution in [-0.2, 0) is 11.3 Å². The molecule has 4 heteroatoms. The third kappa shape index (κ3) is 2.19. The summed E-state index contributed by atoms with van der Waals surface area (Å²) in [6.45, 7) is 3.92. The molecule has 0 spiro atoms. The zero-order chi connectivity index (χ0) is 11.7. The SMILES string of the molecule is CCNCc1cnc(C2CC3CCC2O3)nc1. The van der Waals surface area contributed by atoms with E-state index in [1.54, 1.807) is 0 Å². The predicted molar refractivity (Wildman–Crippen MR) is 64.7 cm³/mol. The Morgan fingerprint density at radius 2 is 2.18 bits per heavy atom. The van der Waals surface area contributed by atoms with E-state index < -0.39 is 0 Å². The average molecular weight is 233 g/mol. The fourth-order valence-electron chi connectivity index (χ4n) is 2.83. The third-order valence-corrected chi connectivity index (χ3v) is 3.74. The summed E-state index contributed by atoms with van der Waals surface area (Å²) in [5.41, 5.74) is 1.15. The lowest BCUT2D eigenvalue weighted by Gasteiger charge is -2.16. The van der Waals surface area contributed by atoms with Crippen molar-refractivity contribution in [2.75, 3.05) is 6.54 Å². The summed E-state index contributed by atoms with van der Waals surface area (Å²) in [6, 6.07) is 0. The molecule has 2 aliphatic rings. The third-order valence-electron chi connectivity index (χ3n) is 3.74. The summed E-state index contributed by atoms with van der Waals surface area (Å²) in [5, 5.41) is 3.28. The fraction of sp³-hybridized carbons (Fsp3) is 0.692. The molecule has 1 N–H and O–H groups in total. The van der Waals surface area contributed by atoms with E-state index >= 15 is 0 Å². The first-order valence-corrected chi connectivity index (χ1v) is 6.54. The molecule has 0 aromatic carbocycles. The van der Waals surface area contributed by atoms with Crippen LogP contribution in [0.25, 0.3) is 0 Å². The van der Waals surface area contributed by atoms with Gasteiger partial charge in [-0.3, -0.25) is 0 Å². The Morgan fingerprint density at radius 3 is 2.76 bits per heavy atom. The van der Waals surface area contributed by atoms with E-state index in [2.05, 4.69) is 22.2 Å². The molecule has 2 aliphatic heterocycles. The first kappa shape index (κ1) is 11.1. The van der Waals surface area contributed by atoms with Crippen molar-refractivity contribution in [2.45, 2.75) is 50.9 Å². The van der Waals surface area contributed by atoms with E-state index in [0.717, 1.165) is 30.9 Å². The van der Waals surface area contributed by atoms with Crippen molar-refractivity contribution in [3.05, 3.63) is 23.8 Å². The normalized spacial score (nSPS) is 31.0. The zero-order valence-electron chi connectivity index (χ0n) is 10.2. The van der Waals surface area contributed by atoms with Gasteiger partial charge in [0.1, 0.15) is 5.82 Å². The van der Waals surface area contributed by atoms with Crippen LogP contribution in [0.15, 0.2) is 12.4 Å². The van der Waals surface area contributed by atoms with E-state index in [4.69, 9.17) is 4.74 Å². The largest absolute Gasteiger partial charge is 0.374 e. The Morgan fingerprint density at radius 1 is 1.35 bits per heavy atom. The molecule has 2 fully saturated rings. The molecule has 3 rings (SSSR count). The standard InChI is InChI=1S/C13H19N3O/c1-2-14-6-9-7-15-13(16-8-9)11-5-10-3-4-12(11)17-10/h7-8,10-12,14H,2-6H2,1H3. The highest BCUT2D eigenvalue weighted by molar-refractivity contribution is 5.11. The van der Waals surface area contributed by atoms with Gasteiger partial charge in [-0.25, -0.2) is 9.97 Å². The minimum atomic E-state index is 0.375. The van der Waals surface area contributed by atoms with E-state index in [-0.39, 0.29) is 0 Å². The van der Waals surface area contributed by atoms with Crippen molar-refractivity contribution in [2.24, 2.45) is 0 Å². The highest BCUT2D eigenvalue weighted by Gasteiger charge is 2.42. The van der Waals surface area contributed by atoms with Crippen LogP contribution in [0.2, 0.25) is 0 Å². The maximum absolute atomic E-state index is 5.84. The first-order chi connectivity index (χ1) is 8.36. The maximum atomic E-state index is 5.84. The van der Waals surface area contributed by atoms with E-state index in [1.807, 2.05) is 12.4 Å². The lowest BCUT2D eigenvalue weighted by molar-refractivity contribution is 0.0998. The van der Waals surface area contributed by atoms with E-state index in [1.165, 1.54) is 12.8 Å². The van der Waals surface area contributed by atoms with Crippen molar-refractivity contribution >= 4 is 0 Å². The molecule has 1 aromatic heterocycles. The number of nitrogens with zero attached hydrogens (tertiary/aromatic N) is 2. The topological polar surface area (TPSA) is 47.0 Å². The lowest BCUT2D eigenvalue weighted by Crippen LogP contribution is -2.18. The molecule has 3 unspecified atom stereocenters. The second kappa shape index (κ2) is 4.70. The van der Waals surface area contributed by atoms with Crippen LogP contribution in [0.1, 0.15) is 43.5 Å². The van der Waals surface area contributed by atoms with Gasteiger partial charge in [0, 0.05) is 30.4 Å². The Bertz CT molecular complexity index is 379. The molecule has 4 nitrogen and oxygen atoms in total. The van der Waals surface area contributed by atoms with Crippen molar-refractivity contribution in [3.63, 3.8) is 0 Å². The first-order valence-electron chi connectivity index (χ1n) is 6.54. The minimum Gasteiger partial charge on any atom is -0.374 e. The van der Waals surface area contributed by atoms with Crippen molar-refractivity contribution in [3.8, 4) is 0 Å². The Kier molecular flexibility index (Phi) is 3.07. The molecular weight excluding hydrogens is 214 g/mol. The number of hydrogen-bond donors (Lipinski definition) is 1. The molecule has 2 bridgehead atoms. The summed E-state index contributed by atoms with van der Waals surface area (Å²) in [7, 11) is 0. The number of nitrogens with one attached hydrogen (secondary N) is 1. The quantitative estimate of drug-likeness (QED) is 0.858. The van der Waals surface area contributed by atoms with Crippen LogP contribution in [-0.4, -0.2) is 28.7 Å². The molecule has 0 radical (unpaired) electrons. The van der Waals surface area contributed by atoms with Crippen LogP contribution in [0.4, 0.5) is 0 Å². The van der Waals surface area contributed by atoms with Crippen molar-refractivity contribution in [1.29, 1.82) is 0 Å². The van der Waals surface area contributed by atoms with Gasteiger partial charge < -0.3 is 10.1 Å². The summed E-state index contributed by atoms with van der Waals surface area (Å²) in [5.74, 6) is 1.40. The van der Waals surface area contributed by atoms with Crippen molar-refractivity contribution < 1.29 is 4.74 Å². The number of ether oxygens (including phenoxy) is 1. The van der Waals surface area contributed by atoms with Gasteiger partial charge in [0.2, 0.25) is 0 Å². The average Bonchev–Trinajstić information content (AvgIpc) is 2.99. The Balaban J connectivity index is 1.68. The Hall–Kier alpha value is -1.00. The highest BCUT2D eigenvalue weighted by Crippen LogP contribution is 2.43. The van der Waals surface area contributed by atoms with E-state index in [0.29, 0.717) is 18.1 Å². The number of hydrogen-bond acceptors (Lipinski definition) is 4. The van der Waals surface area contributed by atoms with Gasteiger partial charge in [-0.05, 0) is 25.8 Å². The second-order valence-corrected chi connectivity index (χ2v) is 4.95. The molecule has 92 valence electrons. The Labute approximate surface area is 102 Å². The number of fused-ring (bicyclic) bond motifs is 2. The number of rotatable bonds is 4. The van der Waals surface area contributed by atoms with Gasteiger partial charge in [-0.2, -0.15) is 0 Å². The molecule has 3 heterocycles. The minimum absolute atomic E-state index is 0.375. The van der Waals surface area contributed by atoms with Gasteiger partial charge in [0.05, 0.1) is 12.2 Å². The molecule has 0 aliphatic carbocycles. The van der Waals surface area contributed by atoms with Crippen LogP contribution >= 0.6 is 0 Å². The molecular formula is C13H19N3O. The van der Waals surface area contributed by atoms with E-state index in [9.17, 15) is 0 Å². The molecule has 17 heavy (non-hydrogen) atoms. The van der Waals surface area contributed by atoms with Crippen LogP contribution in [0, 0.1) is 0 Å². The summed E-state index contributed by atoms with van der Waals surface area (Å²) in [6.07, 6.45) is 8.23. The van der Waals surface area contributed by atoms with Crippen LogP contribution < -0.4 is 5.32 Å². The molecule has 1 aromatic rings. The second-order valence-electron chi connectivity index (χ2n) is 4.95. The molecule has 0 saturated carbocycles. The summed E-state index contributed by atoms with van der Waals surface area (Å²) >= 11 is 0. The van der Waals surface area contributed by atoms with Gasteiger partial charge in [-0.15, -0.1) is 0 Å². The van der Waals surface area contributed by atoms with Gasteiger partial charge in [0.15, 0.2) is 0 Å². The van der Waals surface area contributed by atoms with Crippen LogP contribution in [0.5, 0.6) is 0 Å². The number of aromatic nitrogens is 2. The van der Waals surface area contributed by atoms with Crippen LogP contribution in [0.3, 0.4) is 0 Å². The smallest absolute Gasteiger partial charge is 0.133 e. The summed E-state index contributed by atoms with van der Waals surface area (Å²) < 4.78 is 5.84. The molecule has 2 saturated heterocycles. The predicted octanol–water partition coefficient (Wildman–Crippen LogP) is 1.62. The fourth-order valence-corrected chi connectivity index (χ4v) is 2.83.